The third-order valence-corrected chi connectivity index (χ3v) is 6.49. The molecule has 2 aromatic carbocycles. The van der Waals surface area contributed by atoms with Gasteiger partial charge in [0.25, 0.3) is 0 Å². The molecule has 2 aromatic rings. The molecule has 1 fully saturated rings. The van der Waals surface area contributed by atoms with Crippen molar-refractivity contribution in [1.29, 1.82) is 0 Å². The molecule has 11 nitrogen and oxygen atoms in total. The van der Waals surface area contributed by atoms with Crippen LogP contribution in [0.1, 0.15) is 40.9 Å². The van der Waals surface area contributed by atoms with Gasteiger partial charge in [-0.3, -0.25) is 4.79 Å². The van der Waals surface area contributed by atoms with E-state index in [0.29, 0.717) is 16.7 Å². The van der Waals surface area contributed by atoms with E-state index in [2.05, 4.69) is 0 Å². The maximum Gasteiger partial charge on any atom is 0.229 e. The number of hydrogen-bond acceptors (Lipinski definition) is 11. The average Bonchev–Trinajstić information content (AvgIpc) is 2.88. The third kappa shape index (κ3) is 5.42. The summed E-state index contributed by atoms with van der Waals surface area (Å²) in [5.41, 5.74) is 1.47. The maximum absolute atomic E-state index is 13.1. The molecule has 0 amide bonds. The quantitative estimate of drug-likeness (QED) is 0.253. The van der Waals surface area contributed by atoms with Crippen LogP contribution in [0.25, 0.3) is 0 Å². The first kappa shape index (κ1) is 26.9. The van der Waals surface area contributed by atoms with Gasteiger partial charge in [0, 0.05) is 11.6 Å². The summed E-state index contributed by atoms with van der Waals surface area (Å²) in [6.07, 6.45) is -6.76. The molecule has 6 atom stereocenters. The number of aliphatic hydroxyl groups excluding tert-OH is 5. The summed E-state index contributed by atoms with van der Waals surface area (Å²) in [6, 6.07) is 7.32. The molecule has 4 rings (SSSR count). The third-order valence-electron chi connectivity index (χ3n) is 6.49. The first-order valence-electron chi connectivity index (χ1n) is 11.8. The minimum Gasteiger partial charge on any atom is -0.508 e. The van der Waals surface area contributed by atoms with Crippen LogP contribution in [0.15, 0.2) is 42.0 Å². The molecule has 2 aliphatic rings. The van der Waals surface area contributed by atoms with E-state index in [-0.39, 0.29) is 48.0 Å². The number of ether oxygens (including phenoxy) is 3. The van der Waals surface area contributed by atoms with Crippen molar-refractivity contribution in [2.45, 2.75) is 56.6 Å². The average molecular weight is 519 g/mol. The highest BCUT2D eigenvalue weighted by atomic mass is 16.7. The minimum absolute atomic E-state index is 0.0379. The lowest BCUT2D eigenvalue weighted by Crippen LogP contribution is -2.60. The second kappa shape index (κ2) is 11.1. The van der Waals surface area contributed by atoms with Gasteiger partial charge in [-0.1, -0.05) is 23.8 Å². The predicted octanol–water partition coefficient (Wildman–Crippen LogP) is 0.464. The van der Waals surface area contributed by atoms with Crippen molar-refractivity contribution in [2.75, 3.05) is 13.2 Å². The molecule has 11 heteroatoms. The van der Waals surface area contributed by atoms with Crippen LogP contribution in [0.2, 0.25) is 0 Å². The summed E-state index contributed by atoms with van der Waals surface area (Å²) in [4.78, 5) is 13.1. The molecule has 0 radical (unpaired) electrons. The largest absolute Gasteiger partial charge is 0.508 e. The number of hydrogen-bond donors (Lipinski definition) is 7. The molecule has 7 N–H and O–H groups in total. The molecule has 0 aromatic heterocycles. The van der Waals surface area contributed by atoms with Crippen LogP contribution in [-0.2, 0) is 11.2 Å². The first-order valence-corrected chi connectivity index (χ1v) is 11.8. The highest BCUT2D eigenvalue weighted by molar-refractivity contribution is 6.03. The fourth-order valence-corrected chi connectivity index (χ4v) is 4.32. The Kier molecular flexibility index (Phi) is 8.02. The van der Waals surface area contributed by atoms with Gasteiger partial charge in [0.15, 0.2) is 5.78 Å². The van der Waals surface area contributed by atoms with Crippen molar-refractivity contribution in [3.05, 3.63) is 58.7 Å². The van der Waals surface area contributed by atoms with Gasteiger partial charge in [0.05, 0.1) is 19.6 Å². The number of carbonyl (C=O) groups is 1. The molecular weight excluding hydrogens is 488 g/mol. The Morgan fingerprint density at radius 1 is 1.08 bits per heavy atom. The summed E-state index contributed by atoms with van der Waals surface area (Å²) in [5, 5.41) is 69.9. The monoisotopic (exact) mass is 518 g/mol. The SMILES string of the molecule is CC(=CCc1c(OC2OC(CO)C(O)C(O)C2O)cc(O)c2c1OC(c1ccc(O)cc1)CC2=O)CO. The zero-order valence-corrected chi connectivity index (χ0v) is 20.0. The van der Waals surface area contributed by atoms with E-state index in [9.17, 15) is 40.5 Å². The van der Waals surface area contributed by atoms with E-state index < -0.39 is 49.2 Å². The van der Waals surface area contributed by atoms with Crippen LogP contribution in [0.3, 0.4) is 0 Å². The molecule has 0 aliphatic carbocycles. The smallest absolute Gasteiger partial charge is 0.229 e. The van der Waals surface area contributed by atoms with E-state index in [1.165, 1.54) is 18.2 Å². The minimum atomic E-state index is -1.70. The predicted molar refractivity (Wildman–Crippen MR) is 127 cm³/mol. The number of phenols is 2. The van der Waals surface area contributed by atoms with Gasteiger partial charge in [0.1, 0.15) is 59.1 Å². The Morgan fingerprint density at radius 3 is 2.43 bits per heavy atom. The van der Waals surface area contributed by atoms with E-state index in [1.807, 2.05) is 0 Å². The molecule has 200 valence electrons. The lowest BCUT2D eigenvalue weighted by atomic mass is 9.92. The number of Topliss-reactive ketones (excluding diaryl/α,β-unsaturated/α-hetero) is 1. The van der Waals surface area contributed by atoms with Crippen molar-refractivity contribution < 1.29 is 54.8 Å². The summed E-state index contributed by atoms with van der Waals surface area (Å²) in [6.45, 7) is 0.812. The lowest BCUT2D eigenvalue weighted by molar-refractivity contribution is -0.277. The summed E-state index contributed by atoms with van der Waals surface area (Å²) in [5.74, 6) is -0.780. The Morgan fingerprint density at radius 2 is 1.78 bits per heavy atom. The topological polar surface area (TPSA) is 186 Å². The number of phenolic OH excluding ortho intramolecular Hbond substituents is 2. The normalized spacial score (nSPS) is 27.9. The Labute approximate surface area is 212 Å². The van der Waals surface area contributed by atoms with Crippen LogP contribution >= 0.6 is 0 Å². The van der Waals surface area contributed by atoms with E-state index >= 15 is 0 Å². The van der Waals surface area contributed by atoms with Gasteiger partial charge < -0.3 is 50.0 Å². The van der Waals surface area contributed by atoms with Crippen LogP contribution in [0, 0.1) is 0 Å². The summed E-state index contributed by atoms with van der Waals surface area (Å²) < 4.78 is 17.4. The fraction of sp³-hybridized carbons (Fsp3) is 0.423. The number of aromatic hydroxyl groups is 2. The Balaban J connectivity index is 1.77. The van der Waals surface area contributed by atoms with Crippen LogP contribution < -0.4 is 9.47 Å². The highest BCUT2D eigenvalue weighted by Crippen LogP contribution is 2.46. The number of allylic oxidation sites excluding steroid dienone is 1. The first-order chi connectivity index (χ1) is 17.6. The molecule has 1 saturated heterocycles. The number of rotatable bonds is 7. The second-order valence-electron chi connectivity index (χ2n) is 9.13. The zero-order valence-electron chi connectivity index (χ0n) is 20.0. The van der Waals surface area contributed by atoms with Gasteiger partial charge in [0.2, 0.25) is 6.29 Å². The molecule has 6 unspecified atom stereocenters. The standard InChI is InChI=1S/C26H30O11/c1-12(10-27)2-7-15-19(36-26-24(34)23(33)22(32)20(11-28)37-26)9-17(31)21-16(30)8-18(35-25(15)21)13-3-5-14(29)6-4-13/h2-6,9,18,20,22-24,26-29,31-34H,7-8,10-11H2,1H3. The second-order valence-corrected chi connectivity index (χ2v) is 9.13. The van der Waals surface area contributed by atoms with E-state index in [4.69, 9.17) is 14.2 Å². The van der Waals surface area contributed by atoms with Crippen molar-refractivity contribution in [1.82, 2.24) is 0 Å². The van der Waals surface area contributed by atoms with Gasteiger partial charge in [-0.15, -0.1) is 0 Å². The van der Waals surface area contributed by atoms with Crippen LogP contribution in [0.5, 0.6) is 23.0 Å². The fourth-order valence-electron chi connectivity index (χ4n) is 4.32. The van der Waals surface area contributed by atoms with Crippen LogP contribution in [0.4, 0.5) is 0 Å². The molecule has 37 heavy (non-hydrogen) atoms. The van der Waals surface area contributed by atoms with Crippen molar-refractivity contribution >= 4 is 5.78 Å². The number of carbonyl (C=O) groups excluding carboxylic acids is 1. The lowest BCUT2D eigenvalue weighted by Gasteiger charge is -2.40. The molecule has 0 bridgehead atoms. The van der Waals surface area contributed by atoms with Crippen molar-refractivity contribution in [2.24, 2.45) is 0 Å². The maximum atomic E-state index is 13.1. The number of ketones is 1. The van der Waals surface area contributed by atoms with Gasteiger partial charge >= 0.3 is 0 Å². The molecule has 2 heterocycles. The van der Waals surface area contributed by atoms with Gasteiger partial charge in [-0.05, 0) is 31.0 Å². The number of aliphatic hydroxyl groups is 5. The van der Waals surface area contributed by atoms with Crippen molar-refractivity contribution in [3.8, 4) is 23.0 Å². The number of fused-ring (bicyclic) bond motifs is 1. The Hall–Kier alpha value is -3.19. The summed E-state index contributed by atoms with van der Waals surface area (Å²) in [7, 11) is 0. The van der Waals surface area contributed by atoms with Gasteiger partial charge in [-0.2, -0.15) is 0 Å². The highest BCUT2D eigenvalue weighted by Gasteiger charge is 2.45. The van der Waals surface area contributed by atoms with Crippen LogP contribution in [-0.4, -0.2) is 85.4 Å². The number of benzene rings is 2. The van der Waals surface area contributed by atoms with E-state index in [0.717, 1.165) is 0 Å². The van der Waals surface area contributed by atoms with E-state index in [1.54, 1.807) is 25.1 Å². The molecule has 2 aliphatic heterocycles. The van der Waals surface area contributed by atoms with Crippen molar-refractivity contribution in [3.63, 3.8) is 0 Å². The molecule has 0 saturated carbocycles. The molecule has 0 spiro atoms. The summed E-state index contributed by atoms with van der Waals surface area (Å²) >= 11 is 0. The Bertz CT molecular complexity index is 1160. The molecular formula is C26H30O11. The van der Waals surface area contributed by atoms with Gasteiger partial charge in [-0.25, -0.2) is 0 Å². The zero-order chi connectivity index (χ0) is 26.9.